The van der Waals surface area contributed by atoms with Crippen LogP contribution in [-0.2, 0) is 6.54 Å². The van der Waals surface area contributed by atoms with Gasteiger partial charge in [0.25, 0.3) is 0 Å². The van der Waals surface area contributed by atoms with Crippen molar-refractivity contribution >= 4 is 17.4 Å². The SMILES string of the molecule is NCc1c(Sc2cccc(F)c2)nc2ccccn12. The Morgan fingerprint density at radius 2 is 2.11 bits per heavy atom. The van der Waals surface area contributed by atoms with Crippen molar-refractivity contribution in [3.05, 3.63) is 60.2 Å². The van der Waals surface area contributed by atoms with E-state index in [1.165, 1.54) is 23.9 Å². The lowest BCUT2D eigenvalue weighted by molar-refractivity contribution is 0.624. The van der Waals surface area contributed by atoms with E-state index < -0.39 is 0 Å². The lowest BCUT2D eigenvalue weighted by Crippen LogP contribution is -2.01. The molecule has 1 aromatic carbocycles. The Morgan fingerprint density at radius 3 is 2.89 bits per heavy atom. The third-order valence-corrected chi connectivity index (χ3v) is 3.81. The van der Waals surface area contributed by atoms with Crippen LogP contribution in [0.15, 0.2) is 58.6 Å². The predicted molar refractivity (Wildman–Crippen MR) is 73.6 cm³/mol. The highest BCUT2D eigenvalue weighted by Gasteiger charge is 2.11. The van der Waals surface area contributed by atoms with Gasteiger partial charge in [-0.2, -0.15) is 0 Å². The molecule has 0 radical (unpaired) electrons. The third-order valence-electron chi connectivity index (χ3n) is 2.80. The van der Waals surface area contributed by atoms with Gasteiger partial charge in [0.2, 0.25) is 0 Å². The molecule has 0 aliphatic heterocycles. The number of hydrogen-bond acceptors (Lipinski definition) is 3. The second-order valence-electron chi connectivity index (χ2n) is 4.06. The van der Waals surface area contributed by atoms with Crippen molar-refractivity contribution in [2.75, 3.05) is 0 Å². The number of benzene rings is 1. The van der Waals surface area contributed by atoms with Crippen LogP contribution in [0.1, 0.15) is 5.69 Å². The number of aromatic nitrogens is 2. The van der Waals surface area contributed by atoms with Gasteiger partial charge < -0.3 is 10.1 Å². The zero-order valence-electron chi connectivity index (χ0n) is 10.1. The maximum Gasteiger partial charge on any atom is 0.138 e. The van der Waals surface area contributed by atoms with Crippen LogP contribution in [0, 0.1) is 5.82 Å². The molecule has 0 bridgehead atoms. The maximum absolute atomic E-state index is 13.2. The zero-order valence-corrected chi connectivity index (χ0v) is 10.9. The van der Waals surface area contributed by atoms with Gasteiger partial charge in [0.05, 0.1) is 5.69 Å². The molecule has 0 amide bonds. The van der Waals surface area contributed by atoms with Gasteiger partial charge >= 0.3 is 0 Å². The predicted octanol–water partition coefficient (Wildman–Crippen LogP) is 3.08. The van der Waals surface area contributed by atoms with Crippen molar-refractivity contribution in [2.45, 2.75) is 16.5 Å². The number of pyridine rings is 1. The van der Waals surface area contributed by atoms with Gasteiger partial charge in [-0.25, -0.2) is 9.37 Å². The van der Waals surface area contributed by atoms with E-state index >= 15 is 0 Å². The summed E-state index contributed by atoms with van der Waals surface area (Å²) in [7, 11) is 0. The molecule has 0 fully saturated rings. The van der Waals surface area contributed by atoms with E-state index in [2.05, 4.69) is 4.98 Å². The van der Waals surface area contributed by atoms with E-state index in [0.29, 0.717) is 6.54 Å². The lowest BCUT2D eigenvalue weighted by atomic mass is 10.4. The number of fused-ring (bicyclic) bond motifs is 1. The van der Waals surface area contributed by atoms with E-state index in [9.17, 15) is 4.39 Å². The highest BCUT2D eigenvalue weighted by atomic mass is 32.2. The van der Waals surface area contributed by atoms with Crippen molar-refractivity contribution in [2.24, 2.45) is 5.73 Å². The molecule has 0 atom stereocenters. The van der Waals surface area contributed by atoms with Gasteiger partial charge in [-0.1, -0.05) is 23.9 Å². The number of nitrogens with two attached hydrogens (primary N) is 1. The van der Waals surface area contributed by atoms with Crippen molar-refractivity contribution in [1.29, 1.82) is 0 Å². The van der Waals surface area contributed by atoms with E-state index in [0.717, 1.165) is 21.3 Å². The summed E-state index contributed by atoms with van der Waals surface area (Å²) in [5.41, 5.74) is 7.58. The monoisotopic (exact) mass is 273 g/mol. The summed E-state index contributed by atoms with van der Waals surface area (Å²) in [6.07, 6.45) is 1.93. The van der Waals surface area contributed by atoms with Gasteiger partial charge in [-0.15, -0.1) is 0 Å². The number of halogens is 1. The first-order valence-corrected chi connectivity index (χ1v) is 6.69. The molecule has 0 saturated carbocycles. The van der Waals surface area contributed by atoms with Crippen LogP contribution in [0.2, 0.25) is 0 Å². The molecule has 3 aromatic rings. The summed E-state index contributed by atoms with van der Waals surface area (Å²) in [5, 5.41) is 0.819. The summed E-state index contributed by atoms with van der Waals surface area (Å²) >= 11 is 1.43. The number of imidazole rings is 1. The minimum atomic E-state index is -0.247. The molecule has 0 aliphatic carbocycles. The molecule has 3 nitrogen and oxygen atoms in total. The molecule has 0 saturated heterocycles. The highest BCUT2D eigenvalue weighted by Crippen LogP contribution is 2.30. The Bertz CT molecular complexity index is 724. The zero-order chi connectivity index (χ0) is 13.2. The quantitative estimate of drug-likeness (QED) is 0.797. The first-order chi connectivity index (χ1) is 9.28. The maximum atomic E-state index is 13.2. The fraction of sp³-hybridized carbons (Fsp3) is 0.0714. The Balaban J connectivity index is 2.05. The minimum Gasteiger partial charge on any atom is -0.325 e. The normalized spacial score (nSPS) is 11.1. The average molecular weight is 273 g/mol. The van der Waals surface area contributed by atoms with Crippen LogP contribution in [0.25, 0.3) is 5.65 Å². The Morgan fingerprint density at radius 1 is 1.21 bits per heavy atom. The summed E-state index contributed by atoms with van der Waals surface area (Å²) < 4.78 is 15.2. The third kappa shape index (κ3) is 2.34. The summed E-state index contributed by atoms with van der Waals surface area (Å²) in [6.45, 7) is 0.392. The smallest absolute Gasteiger partial charge is 0.138 e. The Labute approximate surface area is 114 Å². The number of hydrogen-bond donors (Lipinski definition) is 1. The van der Waals surface area contributed by atoms with Gasteiger partial charge in [-0.05, 0) is 30.3 Å². The van der Waals surface area contributed by atoms with Crippen LogP contribution < -0.4 is 5.73 Å². The number of rotatable bonds is 3. The second-order valence-corrected chi connectivity index (χ2v) is 5.12. The molecular weight excluding hydrogens is 261 g/mol. The van der Waals surface area contributed by atoms with Crippen LogP contribution >= 0.6 is 11.8 Å². The van der Waals surface area contributed by atoms with Crippen LogP contribution in [0.3, 0.4) is 0 Å². The fourth-order valence-corrected chi connectivity index (χ4v) is 2.91. The van der Waals surface area contributed by atoms with Crippen molar-refractivity contribution in [1.82, 2.24) is 9.38 Å². The molecule has 2 heterocycles. The fourth-order valence-electron chi connectivity index (χ4n) is 1.93. The molecule has 19 heavy (non-hydrogen) atoms. The molecular formula is C14H12FN3S. The second kappa shape index (κ2) is 5.03. The molecule has 2 aromatic heterocycles. The molecule has 5 heteroatoms. The van der Waals surface area contributed by atoms with Crippen LogP contribution in [0.4, 0.5) is 4.39 Å². The molecule has 0 aliphatic rings. The van der Waals surface area contributed by atoms with E-state index in [4.69, 9.17) is 5.73 Å². The summed E-state index contributed by atoms with van der Waals surface area (Å²) in [6, 6.07) is 12.3. The van der Waals surface area contributed by atoms with Crippen LogP contribution in [-0.4, -0.2) is 9.38 Å². The average Bonchev–Trinajstić information content (AvgIpc) is 2.75. The Hall–Kier alpha value is -1.85. The standard InChI is InChI=1S/C14H12FN3S/c15-10-4-3-5-11(8-10)19-14-12(9-16)18-7-2-1-6-13(18)17-14/h1-8H,9,16H2. The van der Waals surface area contributed by atoms with Gasteiger partial charge in [-0.3, -0.25) is 0 Å². The van der Waals surface area contributed by atoms with Crippen LogP contribution in [0.5, 0.6) is 0 Å². The summed E-state index contributed by atoms with van der Waals surface area (Å²) in [5.74, 6) is -0.247. The minimum absolute atomic E-state index is 0.247. The van der Waals surface area contributed by atoms with Gasteiger partial charge in [0, 0.05) is 17.6 Å². The van der Waals surface area contributed by atoms with E-state index in [1.54, 1.807) is 6.07 Å². The molecule has 0 spiro atoms. The molecule has 2 N–H and O–H groups in total. The molecule has 96 valence electrons. The van der Waals surface area contributed by atoms with Crippen molar-refractivity contribution in [3.8, 4) is 0 Å². The molecule has 3 rings (SSSR count). The number of nitrogens with zero attached hydrogens (tertiary/aromatic N) is 2. The topological polar surface area (TPSA) is 43.3 Å². The summed E-state index contributed by atoms with van der Waals surface area (Å²) in [4.78, 5) is 5.35. The lowest BCUT2D eigenvalue weighted by Gasteiger charge is -2.02. The van der Waals surface area contributed by atoms with E-state index in [1.807, 2.05) is 34.9 Å². The van der Waals surface area contributed by atoms with Gasteiger partial charge in [0.1, 0.15) is 16.5 Å². The largest absolute Gasteiger partial charge is 0.325 e. The van der Waals surface area contributed by atoms with Gasteiger partial charge in [0.15, 0.2) is 0 Å². The first-order valence-electron chi connectivity index (χ1n) is 5.87. The van der Waals surface area contributed by atoms with E-state index in [-0.39, 0.29) is 5.82 Å². The van der Waals surface area contributed by atoms with Crippen molar-refractivity contribution < 1.29 is 4.39 Å². The first kappa shape index (κ1) is 12.2. The highest BCUT2D eigenvalue weighted by molar-refractivity contribution is 7.99. The molecule has 0 unspecified atom stereocenters. The Kier molecular flexibility index (Phi) is 3.23. The van der Waals surface area contributed by atoms with Crippen molar-refractivity contribution in [3.63, 3.8) is 0 Å².